The Morgan fingerprint density at radius 3 is 2.20 bits per heavy atom. The Morgan fingerprint density at radius 2 is 1.90 bits per heavy atom. The van der Waals surface area contributed by atoms with Crippen LogP contribution in [0.25, 0.3) is 0 Å². The Labute approximate surface area is 64.8 Å². The Bertz CT molecular complexity index is 113. The monoisotopic (exact) mass is 158 g/mol. The van der Waals surface area contributed by atoms with Crippen LogP contribution in [-0.4, -0.2) is 18.9 Å². The molecule has 0 radical (unpaired) electrons. The molecular weight excluding hydrogens is 140 g/mol. The molecule has 1 atom stereocenters. The molecule has 0 fully saturated rings. The van der Waals surface area contributed by atoms with E-state index in [9.17, 15) is 5.11 Å². The lowest BCUT2D eigenvalue weighted by molar-refractivity contribution is 0.291. The summed E-state index contributed by atoms with van der Waals surface area (Å²) in [5.74, 6) is 0. The summed E-state index contributed by atoms with van der Waals surface area (Å²) in [5.41, 5.74) is -0.174. The van der Waals surface area contributed by atoms with Gasteiger partial charge in [0.05, 0.1) is 13.8 Å². The predicted octanol–water partition coefficient (Wildman–Crippen LogP) is 2.19. The van der Waals surface area contributed by atoms with Gasteiger partial charge in [0, 0.05) is 0 Å². The minimum Gasteiger partial charge on any atom is -0.393 e. The minimum atomic E-state index is -1.33. The van der Waals surface area contributed by atoms with Gasteiger partial charge in [-0.15, -0.1) is 0 Å². The minimum absolute atomic E-state index is 0.174. The van der Waals surface area contributed by atoms with Gasteiger partial charge in [0.2, 0.25) is 0 Å². The van der Waals surface area contributed by atoms with Crippen molar-refractivity contribution < 1.29 is 5.11 Å². The molecular formula is C8H18OSi. The molecule has 60 valence electrons. The molecule has 10 heavy (non-hydrogen) atoms. The van der Waals surface area contributed by atoms with E-state index < -0.39 is 8.07 Å². The van der Waals surface area contributed by atoms with E-state index in [2.05, 4.69) is 26.6 Å². The SMILES string of the molecule is CC/C=C/[C@H](O)[Si](C)(C)C. The maximum Gasteiger partial charge on any atom is 0.0830 e. The van der Waals surface area contributed by atoms with Crippen LogP contribution < -0.4 is 0 Å². The standard InChI is InChI=1S/C8H18OSi/c1-5-6-7-8(9)10(2,3)4/h6-9H,5H2,1-4H3/b7-6+/t8-/m1/s1. The summed E-state index contributed by atoms with van der Waals surface area (Å²) in [4.78, 5) is 0. The van der Waals surface area contributed by atoms with Crippen LogP contribution in [0.15, 0.2) is 12.2 Å². The molecule has 2 heteroatoms. The van der Waals surface area contributed by atoms with Crippen LogP contribution in [0.5, 0.6) is 0 Å². The molecule has 1 N–H and O–H groups in total. The van der Waals surface area contributed by atoms with E-state index in [1.165, 1.54) is 0 Å². The van der Waals surface area contributed by atoms with Crippen LogP contribution in [0, 0.1) is 0 Å². The summed E-state index contributed by atoms with van der Waals surface area (Å²) in [6, 6.07) is 0. The van der Waals surface area contributed by atoms with E-state index in [-0.39, 0.29) is 5.73 Å². The fourth-order valence-corrected chi connectivity index (χ4v) is 1.27. The van der Waals surface area contributed by atoms with Crippen LogP contribution in [-0.2, 0) is 0 Å². The van der Waals surface area contributed by atoms with E-state index in [4.69, 9.17) is 0 Å². The average molecular weight is 158 g/mol. The van der Waals surface area contributed by atoms with E-state index in [1.807, 2.05) is 12.2 Å². The van der Waals surface area contributed by atoms with Gasteiger partial charge in [0.25, 0.3) is 0 Å². The Kier molecular flexibility index (Phi) is 3.90. The molecule has 0 aromatic carbocycles. The van der Waals surface area contributed by atoms with Crippen LogP contribution in [0.2, 0.25) is 19.6 Å². The van der Waals surface area contributed by atoms with Crippen molar-refractivity contribution in [2.24, 2.45) is 0 Å². The number of allylic oxidation sites excluding steroid dienone is 1. The molecule has 0 aliphatic rings. The molecule has 0 aliphatic heterocycles. The Hall–Kier alpha value is -0.0831. The van der Waals surface area contributed by atoms with Gasteiger partial charge in [0.1, 0.15) is 0 Å². The van der Waals surface area contributed by atoms with Gasteiger partial charge in [-0.3, -0.25) is 0 Å². The highest BCUT2D eigenvalue weighted by Gasteiger charge is 2.21. The smallest absolute Gasteiger partial charge is 0.0830 e. The summed E-state index contributed by atoms with van der Waals surface area (Å²) in [5, 5.41) is 9.49. The average Bonchev–Trinajstić information content (AvgIpc) is 1.80. The molecule has 0 rings (SSSR count). The third-order valence-electron chi connectivity index (χ3n) is 1.44. The first-order valence-corrected chi connectivity index (χ1v) is 7.41. The van der Waals surface area contributed by atoms with Crippen molar-refractivity contribution in [3.05, 3.63) is 12.2 Å². The highest BCUT2D eigenvalue weighted by Crippen LogP contribution is 2.08. The molecule has 0 aliphatic carbocycles. The highest BCUT2D eigenvalue weighted by atomic mass is 28.3. The molecule has 1 nitrogen and oxygen atoms in total. The van der Waals surface area contributed by atoms with E-state index in [0.717, 1.165) is 6.42 Å². The van der Waals surface area contributed by atoms with Crippen molar-refractivity contribution in [2.75, 3.05) is 0 Å². The highest BCUT2D eigenvalue weighted by molar-refractivity contribution is 6.77. The van der Waals surface area contributed by atoms with Gasteiger partial charge < -0.3 is 5.11 Å². The molecule has 0 saturated heterocycles. The van der Waals surface area contributed by atoms with E-state index in [1.54, 1.807) is 0 Å². The maximum atomic E-state index is 9.49. The summed E-state index contributed by atoms with van der Waals surface area (Å²) in [6.45, 7) is 8.57. The van der Waals surface area contributed by atoms with Gasteiger partial charge in [-0.2, -0.15) is 0 Å². The first kappa shape index (κ1) is 9.92. The van der Waals surface area contributed by atoms with Gasteiger partial charge in [-0.1, -0.05) is 38.7 Å². The maximum absolute atomic E-state index is 9.49. The van der Waals surface area contributed by atoms with E-state index in [0.29, 0.717) is 0 Å². The Morgan fingerprint density at radius 1 is 1.40 bits per heavy atom. The van der Waals surface area contributed by atoms with Crippen LogP contribution in [0.4, 0.5) is 0 Å². The predicted molar refractivity (Wildman–Crippen MR) is 48.8 cm³/mol. The van der Waals surface area contributed by atoms with Crippen molar-refractivity contribution in [1.82, 2.24) is 0 Å². The molecule has 0 aromatic heterocycles. The second kappa shape index (κ2) is 3.94. The van der Waals surface area contributed by atoms with E-state index >= 15 is 0 Å². The number of rotatable bonds is 3. The number of hydrogen-bond acceptors (Lipinski definition) is 1. The topological polar surface area (TPSA) is 20.2 Å². The lowest BCUT2D eigenvalue weighted by Crippen LogP contribution is -2.36. The van der Waals surface area contributed by atoms with Crippen molar-refractivity contribution in [2.45, 2.75) is 38.7 Å². The van der Waals surface area contributed by atoms with Crippen molar-refractivity contribution >= 4 is 8.07 Å². The number of hydrogen-bond donors (Lipinski definition) is 1. The largest absolute Gasteiger partial charge is 0.393 e. The third-order valence-corrected chi connectivity index (χ3v) is 3.41. The molecule has 0 unspecified atom stereocenters. The molecule has 0 saturated carbocycles. The molecule has 0 spiro atoms. The van der Waals surface area contributed by atoms with Crippen molar-refractivity contribution in [3.8, 4) is 0 Å². The normalized spacial score (nSPS) is 16.1. The van der Waals surface area contributed by atoms with Gasteiger partial charge >= 0.3 is 0 Å². The third kappa shape index (κ3) is 3.85. The molecule has 0 amide bonds. The quantitative estimate of drug-likeness (QED) is 0.493. The van der Waals surface area contributed by atoms with Crippen LogP contribution >= 0.6 is 0 Å². The van der Waals surface area contributed by atoms with Gasteiger partial charge in [-0.05, 0) is 6.42 Å². The first-order valence-electron chi connectivity index (χ1n) is 3.83. The van der Waals surface area contributed by atoms with Crippen molar-refractivity contribution in [1.29, 1.82) is 0 Å². The first-order chi connectivity index (χ1) is 4.48. The summed E-state index contributed by atoms with van der Waals surface area (Å²) in [7, 11) is -1.33. The van der Waals surface area contributed by atoms with Gasteiger partial charge in [0.15, 0.2) is 0 Å². The second-order valence-corrected chi connectivity index (χ2v) is 8.97. The summed E-state index contributed by atoms with van der Waals surface area (Å²) >= 11 is 0. The lowest BCUT2D eigenvalue weighted by Gasteiger charge is -2.19. The van der Waals surface area contributed by atoms with Crippen LogP contribution in [0.3, 0.4) is 0 Å². The molecule has 0 aromatic rings. The number of aliphatic hydroxyl groups excluding tert-OH is 1. The summed E-state index contributed by atoms with van der Waals surface area (Å²) in [6.07, 6.45) is 4.97. The Balaban J connectivity index is 3.84. The second-order valence-electron chi connectivity index (χ2n) is 3.65. The van der Waals surface area contributed by atoms with Crippen LogP contribution in [0.1, 0.15) is 13.3 Å². The molecule has 0 heterocycles. The zero-order chi connectivity index (χ0) is 8.20. The number of aliphatic hydroxyl groups is 1. The zero-order valence-corrected chi connectivity index (χ0v) is 8.39. The lowest BCUT2D eigenvalue weighted by atomic mass is 10.4. The van der Waals surface area contributed by atoms with Gasteiger partial charge in [-0.25, -0.2) is 0 Å². The molecule has 0 bridgehead atoms. The summed E-state index contributed by atoms with van der Waals surface area (Å²) < 4.78 is 0. The fourth-order valence-electron chi connectivity index (χ4n) is 0.554. The fraction of sp³-hybridized carbons (Fsp3) is 0.750. The zero-order valence-electron chi connectivity index (χ0n) is 7.39. The van der Waals surface area contributed by atoms with Crippen molar-refractivity contribution in [3.63, 3.8) is 0 Å².